The Morgan fingerprint density at radius 1 is 1.26 bits per heavy atom. The lowest BCUT2D eigenvalue weighted by molar-refractivity contribution is -0.120. The van der Waals surface area contributed by atoms with E-state index >= 15 is 0 Å². The molecule has 2 rings (SSSR count). The Bertz CT molecular complexity index is 636. The SMILES string of the molecule is CCC(CC)C(=O)Nc1ccc(N(C)C2CCS(=O)(=O)C2)cc1. The van der Waals surface area contributed by atoms with Gasteiger partial charge in [-0.15, -0.1) is 0 Å². The van der Waals surface area contributed by atoms with E-state index in [1.54, 1.807) is 0 Å². The lowest BCUT2D eigenvalue weighted by Crippen LogP contribution is -2.32. The molecule has 1 aliphatic heterocycles. The van der Waals surface area contributed by atoms with Crippen LogP contribution in [-0.2, 0) is 14.6 Å². The Morgan fingerprint density at radius 3 is 2.35 bits per heavy atom. The van der Waals surface area contributed by atoms with Crippen molar-refractivity contribution in [2.75, 3.05) is 28.8 Å². The average Bonchev–Trinajstić information content (AvgIpc) is 2.88. The van der Waals surface area contributed by atoms with E-state index in [2.05, 4.69) is 5.32 Å². The molecule has 0 radical (unpaired) electrons. The molecule has 0 aromatic heterocycles. The predicted molar refractivity (Wildman–Crippen MR) is 94.6 cm³/mol. The lowest BCUT2D eigenvalue weighted by atomic mass is 10.0. The van der Waals surface area contributed by atoms with Crippen molar-refractivity contribution in [3.05, 3.63) is 24.3 Å². The number of anilines is 2. The number of hydrogen-bond acceptors (Lipinski definition) is 4. The van der Waals surface area contributed by atoms with E-state index in [-0.39, 0.29) is 29.4 Å². The van der Waals surface area contributed by atoms with Crippen molar-refractivity contribution >= 4 is 27.1 Å². The fourth-order valence-electron chi connectivity index (χ4n) is 2.98. The molecule has 1 saturated heterocycles. The van der Waals surface area contributed by atoms with E-state index in [9.17, 15) is 13.2 Å². The van der Waals surface area contributed by atoms with Crippen molar-refractivity contribution in [3.63, 3.8) is 0 Å². The van der Waals surface area contributed by atoms with Gasteiger partial charge in [0, 0.05) is 30.4 Å². The molecule has 5 nitrogen and oxygen atoms in total. The largest absolute Gasteiger partial charge is 0.371 e. The fraction of sp³-hybridized carbons (Fsp3) is 0.588. The van der Waals surface area contributed by atoms with E-state index in [0.29, 0.717) is 6.42 Å². The molecular weight excluding hydrogens is 312 g/mol. The topological polar surface area (TPSA) is 66.5 Å². The summed E-state index contributed by atoms with van der Waals surface area (Å²) in [5.41, 5.74) is 1.74. The van der Waals surface area contributed by atoms with Crippen LogP contribution in [0, 0.1) is 5.92 Å². The van der Waals surface area contributed by atoms with Gasteiger partial charge >= 0.3 is 0 Å². The molecule has 23 heavy (non-hydrogen) atoms. The van der Waals surface area contributed by atoms with Crippen molar-refractivity contribution in [1.29, 1.82) is 0 Å². The first-order valence-electron chi connectivity index (χ1n) is 8.20. The maximum Gasteiger partial charge on any atom is 0.227 e. The van der Waals surface area contributed by atoms with Gasteiger partial charge in [-0.1, -0.05) is 13.8 Å². The highest BCUT2D eigenvalue weighted by Crippen LogP contribution is 2.24. The highest BCUT2D eigenvalue weighted by molar-refractivity contribution is 7.91. The first kappa shape index (κ1) is 17.8. The summed E-state index contributed by atoms with van der Waals surface area (Å²) in [4.78, 5) is 14.1. The fourth-order valence-corrected chi connectivity index (χ4v) is 4.75. The minimum absolute atomic E-state index is 0.0324. The Hall–Kier alpha value is -1.56. The molecule has 1 heterocycles. The summed E-state index contributed by atoms with van der Waals surface area (Å²) >= 11 is 0. The number of nitrogens with zero attached hydrogens (tertiary/aromatic N) is 1. The first-order chi connectivity index (χ1) is 10.9. The molecule has 0 aliphatic carbocycles. The summed E-state index contributed by atoms with van der Waals surface area (Å²) in [5, 5.41) is 2.94. The van der Waals surface area contributed by atoms with Crippen LogP contribution >= 0.6 is 0 Å². The summed E-state index contributed by atoms with van der Waals surface area (Å²) in [7, 11) is -0.967. The van der Waals surface area contributed by atoms with Gasteiger partial charge < -0.3 is 10.2 Å². The molecule has 1 aromatic carbocycles. The van der Waals surface area contributed by atoms with Gasteiger partial charge in [-0.3, -0.25) is 4.79 Å². The van der Waals surface area contributed by atoms with Crippen LogP contribution in [0.4, 0.5) is 11.4 Å². The molecule has 128 valence electrons. The van der Waals surface area contributed by atoms with Crippen LogP contribution in [0.25, 0.3) is 0 Å². The molecular formula is C17H26N2O3S. The minimum atomic E-state index is -2.89. The highest BCUT2D eigenvalue weighted by atomic mass is 32.2. The molecule has 0 bridgehead atoms. The molecule has 1 aromatic rings. The van der Waals surface area contributed by atoms with Crippen LogP contribution in [0.5, 0.6) is 0 Å². The number of sulfone groups is 1. The van der Waals surface area contributed by atoms with Crippen molar-refractivity contribution in [3.8, 4) is 0 Å². The van der Waals surface area contributed by atoms with Gasteiger partial charge in [0.2, 0.25) is 5.91 Å². The molecule has 6 heteroatoms. The Morgan fingerprint density at radius 2 is 1.87 bits per heavy atom. The third-order valence-electron chi connectivity index (χ3n) is 4.65. The number of rotatable bonds is 6. The maximum atomic E-state index is 12.1. The molecule has 1 aliphatic rings. The predicted octanol–water partition coefficient (Wildman–Crippen LogP) is 2.68. The third-order valence-corrected chi connectivity index (χ3v) is 6.40. The molecule has 1 unspecified atom stereocenters. The lowest BCUT2D eigenvalue weighted by Gasteiger charge is -2.25. The summed E-state index contributed by atoms with van der Waals surface area (Å²) in [6, 6.07) is 7.62. The monoisotopic (exact) mass is 338 g/mol. The van der Waals surface area contributed by atoms with Gasteiger partial charge in [0.1, 0.15) is 0 Å². The van der Waals surface area contributed by atoms with E-state index in [1.165, 1.54) is 0 Å². The first-order valence-corrected chi connectivity index (χ1v) is 10.0. The van der Waals surface area contributed by atoms with Crippen LogP contribution in [0.1, 0.15) is 33.1 Å². The summed E-state index contributed by atoms with van der Waals surface area (Å²) in [6.07, 6.45) is 2.34. The second-order valence-electron chi connectivity index (χ2n) is 6.22. The minimum Gasteiger partial charge on any atom is -0.371 e. The second-order valence-corrected chi connectivity index (χ2v) is 8.45. The second kappa shape index (κ2) is 7.34. The normalized spacial score (nSPS) is 19.7. The van der Waals surface area contributed by atoms with Crippen LogP contribution in [0.2, 0.25) is 0 Å². The van der Waals surface area contributed by atoms with Gasteiger partial charge in [-0.25, -0.2) is 8.42 Å². The van der Waals surface area contributed by atoms with Crippen molar-refractivity contribution in [2.24, 2.45) is 5.92 Å². The van der Waals surface area contributed by atoms with Crippen LogP contribution in [-0.4, -0.2) is 38.9 Å². The zero-order chi connectivity index (χ0) is 17.0. The Labute approximate surface area is 139 Å². The maximum absolute atomic E-state index is 12.1. The zero-order valence-corrected chi connectivity index (χ0v) is 14.9. The highest BCUT2D eigenvalue weighted by Gasteiger charge is 2.30. The number of carbonyl (C=O) groups excluding carboxylic acids is 1. The molecule has 1 N–H and O–H groups in total. The van der Waals surface area contributed by atoms with Gasteiger partial charge in [0.15, 0.2) is 9.84 Å². The quantitative estimate of drug-likeness (QED) is 0.866. The zero-order valence-electron chi connectivity index (χ0n) is 14.1. The number of benzene rings is 1. The Kier molecular flexibility index (Phi) is 5.68. The van der Waals surface area contributed by atoms with E-state index in [4.69, 9.17) is 0 Å². The Balaban J connectivity index is 2.00. The van der Waals surface area contributed by atoms with E-state index in [1.807, 2.05) is 50.1 Å². The van der Waals surface area contributed by atoms with Gasteiger partial charge in [0.05, 0.1) is 11.5 Å². The van der Waals surface area contributed by atoms with Crippen molar-refractivity contribution < 1.29 is 13.2 Å². The third kappa shape index (κ3) is 4.47. The van der Waals surface area contributed by atoms with Crippen LogP contribution in [0.3, 0.4) is 0 Å². The standard InChI is InChI=1S/C17H26N2O3S/c1-4-13(5-2)17(20)18-14-6-8-15(9-7-14)19(3)16-10-11-23(21,22)12-16/h6-9,13,16H,4-5,10-12H2,1-3H3,(H,18,20). The molecule has 1 atom stereocenters. The molecule has 1 fully saturated rings. The van der Waals surface area contributed by atoms with Crippen LogP contribution < -0.4 is 10.2 Å². The molecule has 0 saturated carbocycles. The molecule has 1 amide bonds. The van der Waals surface area contributed by atoms with E-state index < -0.39 is 9.84 Å². The van der Waals surface area contributed by atoms with Crippen LogP contribution in [0.15, 0.2) is 24.3 Å². The van der Waals surface area contributed by atoms with Gasteiger partial charge in [0.25, 0.3) is 0 Å². The van der Waals surface area contributed by atoms with Crippen molar-refractivity contribution in [1.82, 2.24) is 0 Å². The average molecular weight is 338 g/mol. The smallest absolute Gasteiger partial charge is 0.227 e. The number of hydrogen-bond donors (Lipinski definition) is 1. The number of nitrogens with one attached hydrogen (secondary N) is 1. The summed E-state index contributed by atoms with van der Waals surface area (Å²) in [6.45, 7) is 4.03. The van der Waals surface area contributed by atoms with Crippen molar-refractivity contribution in [2.45, 2.75) is 39.2 Å². The van der Waals surface area contributed by atoms with Gasteiger partial charge in [-0.05, 0) is 43.5 Å². The van der Waals surface area contributed by atoms with E-state index in [0.717, 1.165) is 24.2 Å². The molecule has 0 spiro atoms. The number of carbonyl (C=O) groups is 1. The summed E-state index contributed by atoms with van der Waals surface area (Å²) < 4.78 is 23.2. The van der Waals surface area contributed by atoms with Gasteiger partial charge in [-0.2, -0.15) is 0 Å². The summed E-state index contributed by atoms with van der Waals surface area (Å²) in [5.74, 6) is 0.585. The number of amides is 1.